The Morgan fingerprint density at radius 1 is 1.15 bits per heavy atom. The number of anilines is 2. The summed E-state index contributed by atoms with van der Waals surface area (Å²) < 4.78 is 0. The number of aromatic hydroxyl groups is 1. The molecule has 3 aliphatic rings. The van der Waals surface area contributed by atoms with Crippen molar-refractivity contribution in [2.24, 2.45) is 27.8 Å². The van der Waals surface area contributed by atoms with E-state index in [-0.39, 0.29) is 42.2 Å². The van der Waals surface area contributed by atoms with Crippen LogP contribution in [0.3, 0.4) is 0 Å². The van der Waals surface area contributed by atoms with Gasteiger partial charge in [-0.1, -0.05) is 30.3 Å². The van der Waals surface area contributed by atoms with Crippen LogP contribution in [0.5, 0.6) is 5.75 Å². The minimum atomic E-state index is -2.81. The quantitative estimate of drug-likeness (QED) is 0.0334. The first-order chi connectivity index (χ1) is 22.2. The van der Waals surface area contributed by atoms with Crippen molar-refractivity contribution < 1.29 is 34.8 Å². The van der Waals surface area contributed by atoms with Crippen LogP contribution in [0.25, 0.3) is 16.2 Å². The van der Waals surface area contributed by atoms with Crippen LogP contribution >= 0.6 is 0 Å². The smallest absolute Gasteiger partial charge is 0.349 e. The fourth-order valence-electron chi connectivity index (χ4n) is 6.83. The van der Waals surface area contributed by atoms with Gasteiger partial charge in [0.05, 0.1) is 23.8 Å². The number of benzene rings is 2. The fourth-order valence-corrected chi connectivity index (χ4v) is 6.83. The molecule has 1 saturated carbocycles. The maximum Gasteiger partial charge on any atom is 0.349 e. The van der Waals surface area contributed by atoms with Gasteiger partial charge in [0.25, 0.3) is 0 Å². The third-order valence-corrected chi connectivity index (χ3v) is 8.89. The number of Topliss-reactive ketones (excluding diaryl/α,β-unsaturated/α-hetero) is 2. The van der Waals surface area contributed by atoms with Crippen LogP contribution in [0.2, 0.25) is 0 Å². The molecule has 0 spiro atoms. The molecule has 4 atom stereocenters. The summed E-state index contributed by atoms with van der Waals surface area (Å²) in [6.45, 7) is 0.257. The second-order valence-corrected chi connectivity index (χ2v) is 12.1. The van der Waals surface area contributed by atoms with E-state index in [0.29, 0.717) is 11.3 Å². The molecule has 1 unspecified atom stereocenters. The zero-order chi connectivity index (χ0) is 34.4. The van der Waals surface area contributed by atoms with E-state index in [0.717, 1.165) is 5.56 Å². The predicted octanol–water partition coefficient (Wildman–Crippen LogP) is 1.81. The number of nitrogens with one attached hydrogen (secondary N) is 2. The third-order valence-electron chi connectivity index (χ3n) is 8.89. The Balaban J connectivity index is 1.64. The summed E-state index contributed by atoms with van der Waals surface area (Å²) >= 11 is 0. The standard InChI is InChI=1S/C31H35N9O7/c1-39(2)19-12-18(35-30(32)34-13-14-8-6-5-7-9-14)24(41)21-16(19)10-15-11-17-23(40(3)4)26(43)22(29(46)36-38-37-33)28(45)31(17,47)27(44)20(15)25(21)42/h5-9,12,15,17,23,41-42,45,47H,10-11,13H2,1-4H3,(H,36,46)(H3,32,34,35)/t15-,17-,23?,31-/m0/s1. The molecule has 3 aliphatic carbocycles. The van der Waals surface area contributed by atoms with E-state index in [9.17, 15) is 34.8 Å². The average Bonchev–Trinajstić information content (AvgIpc) is 3.02. The van der Waals surface area contributed by atoms with Gasteiger partial charge in [-0.2, -0.15) is 10.3 Å². The van der Waals surface area contributed by atoms with E-state index in [1.54, 1.807) is 30.5 Å². The second kappa shape index (κ2) is 12.3. The zero-order valence-electron chi connectivity index (χ0n) is 26.1. The number of amides is 1. The molecule has 16 heteroatoms. The number of nitrogens with two attached hydrogens (primary N) is 1. The second-order valence-electron chi connectivity index (χ2n) is 12.1. The summed E-state index contributed by atoms with van der Waals surface area (Å²) in [5, 5.41) is 52.1. The lowest BCUT2D eigenvalue weighted by Crippen LogP contribution is -2.65. The molecule has 5 rings (SSSR count). The molecule has 1 fully saturated rings. The molecule has 0 radical (unpaired) electrons. The van der Waals surface area contributed by atoms with Gasteiger partial charge in [0, 0.05) is 31.3 Å². The summed E-state index contributed by atoms with van der Waals surface area (Å²) in [5.74, 6) is -7.63. The molecule has 47 heavy (non-hydrogen) atoms. The van der Waals surface area contributed by atoms with Crippen LogP contribution in [-0.2, 0) is 27.3 Å². The van der Waals surface area contributed by atoms with E-state index >= 15 is 0 Å². The zero-order valence-corrected chi connectivity index (χ0v) is 26.1. The van der Waals surface area contributed by atoms with Crippen molar-refractivity contribution >= 4 is 40.6 Å². The van der Waals surface area contributed by atoms with Crippen molar-refractivity contribution in [3.8, 4) is 5.75 Å². The number of phenolic OH excluding ortho intramolecular Hbond substituents is 1. The number of ketones is 2. The first-order valence-electron chi connectivity index (χ1n) is 14.6. The molecule has 2 aromatic rings. The highest BCUT2D eigenvalue weighted by atomic mass is 16.3. The highest BCUT2D eigenvalue weighted by Crippen LogP contribution is 2.54. The maximum atomic E-state index is 14.3. The Morgan fingerprint density at radius 2 is 1.83 bits per heavy atom. The topological polar surface area (TPSA) is 250 Å². The van der Waals surface area contributed by atoms with Crippen molar-refractivity contribution in [1.82, 2.24) is 10.3 Å². The van der Waals surface area contributed by atoms with E-state index in [2.05, 4.69) is 20.4 Å². The minimum absolute atomic E-state index is 0.0243. The van der Waals surface area contributed by atoms with E-state index < -0.39 is 63.8 Å². The summed E-state index contributed by atoms with van der Waals surface area (Å²) in [6.07, 6.45) is 0.0622. The number of hydrogen-bond acceptors (Lipinski definition) is 11. The lowest BCUT2D eigenvalue weighted by Gasteiger charge is -2.50. The third kappa shape index (κ3) is 5.37. The van der Waals surface area contributed by atoms with Crippen LogP contribution < -0.4 is 21.4 Å². The average molecular weight is 646 g/mol. The molecular weight excluding hydrogens is 610 g/mol. The summed E-state index contributed by atoms with van der Waals surface area (Å²) in [7, 11) is 6.56. The Morgan fingerprint density at radius 3 is 2.45 bits per heavy atom. The van der Waals surface area contributed by atoms with Crippen LogP contribution in [0.15, 0.2) is 63.5 Å². The summed E-state index contributed by atoms with van der Waals surface area (Å²) in [6, 6.07) is 9.74. The Labute approximate surface area is 269 Å². The normalized spacial score (nSPS) is 23.9. The lowest BCUT2D eigenvalue weighted by atomic mass is 9.57. The molecule has 0 aliphatic heterocycles. The number of carbonyl (C=O) groups excluding carboxylic acids is 3. The van der Waals surface area contributed by atoms with Gasteiger partial charge in [0.2, 0.25) is 5.78 Å². The predicted molar refractivity (Wildman–Crippen MR) is 172 cm³/mol. The number of guanidine groups is 1. The molecule has 0 bridgehead atoms. The van der Waals surface area contributed by atoms with Gasteiger partial charge < -0.3 is 36.4 Å². The first-order valence-corrected chi connectivity index (χ1v) is 14.6. The minimum Gasteiger partial charge on any atom is -0.508 e. The Hall–Kier alpha value is -5.57. The highest BCUT2D eigenvalue weighted by molar-refractivity contribution is 6.25. The number of nitrogens with zero attached hydrogens (tertiary/aromatic N) is 6. The van der Waals surface area contributed by atoms with Gasteiger partial charge >= 0.3 is 5.91 Å². The van der Waals surface area contributed by atoms with E-state index in [4.69, 9.17) is 11.3 Å². The molecule has 0 heterocycles. The number of likely N-dealkylation sites (N-methyl/N-ethyl adjacent to an activating group) is 1. The molecular formula is C31H35N9O7. The SMILES string of the molecule is CN(C)c1cc(NC(N)=NCc2ccccc2)c(O)c2c1C[C@H]1C[C@H]3C(N(C)C)C(=O)C(C(=O)NN=[N+]=[N-])=C(O)[C@@]3(O)C(=O)C1=C2O. The Kier molecular flexibility index (Phi) is 8.60. The van der Waals surface area contributed by atoms with Gasteiger partial charge in [-0.25, -0.2) is 9.79 Å². The van der Waals surface area contributed by atoms with Crippen LogP contribution in [-0.4, -0.2) is 88.6 Å². The number of phenols is 1. The van der Waals surface area contributed by atoms with Crippen molar-refractivity contribution in [2.75, 3.05) is 38.4 Å². The lowest BCUT2D eigenvalue weighted by molar-refractivity contribution is -0.153. The van der Waals surface area contributed by atoms with Crippen LogP contribution in [0, 0.1) is 11.8 Å². The number of rotatable bonds is 7. The van der Waals surface area contributed by atoms with Gasteiger partial charge in [-0.05, 0) is 55.3 Å². The summed E-state index contributed by atoms with van der Waals surface area (Å²) in [5.41, 5.74) is 14.4. The molecule has 2 aromatic carbocycles. The molecule has 1 amide bonds. The van der Waals surface area contributed by atoms with E-state index in [1.807, 2.05) is 30.3 Å². The van der Waals surface area contributed by atoms with Crippen molar-refractivity contribution in [2.45, 2.75) is 31.0 Å². The van der Waals surface area contributed by atoms with Crippen molar-refractivity contribution in [3.05, 3.63) is 80.4 Å². The molecule has 0 saturated heterocycles. The maximum absolute atomic E-state index is 14.3. The Bertz CT molecular complexity index is 1810. The molecule has 16 nitrogen and oxygen atoms in total. The number of fused-ring (bicyclic) bond motifs is 3. The highest BCUT2D eigenvalue weighted by Gasteiger charge is 2.64. The van der Waals surface area contributed by atoms with E-state index in [1.165, 1.54) is 19.0 Å². The van der Waals surface area contributed by atoms with Gasteiger partial charge in [0.15, 0.2) is 23.1 Å². The first kappa shape index (κ1) is 32.8. The number of carbonyl (C=O) groups is 3. The van der Waals surface area contributed by atoms with Crippen molar-refractivity contribution in [3.63, 3.8) is 0 Å². The number of aliphatic hydroxyl groups excluding tert-OH is 2. The van der Waals surface area contributed by atoms with Gasteiger partial charge in [0.1, 0.15) is 17.1 Å². The van der Waals surface area contributed by atoms with Crippen molar-refractivity contribution in [1.29, 1.82) is 0 Å². The fraction of sp³-hybridized carbons (Fsp3) is 0.355. The monoisotopic (exact) mass is 645 g/mol. The van der Waals surface area contributed by atoms with Gasteiger partial charge in [-0.3, -0.25) is 14.5 Å². The van der Waals surface area contributed by atoms with Gasteiger partial charge in [-0.15, -0.1) is 5.53 Å². The van der Waals surface area contributed by atoms with Crippen LogP contribution in [0.1, 0.15) is 23.1 Å². The number of aliphatic hydroxyl groups is 3. The largest absolute Gasteiger partial charge is 0.508 e. The number of hydrogen-bond donors (Lipinski definition) is 7. The molecule has 246 valence electrons. The number of aliphatic imine (C=N–C) groups is 1. The van der Waals surface area contributed by atoms with Crippen LogP contribution in [0.4, 0.5) is 11.4 Å². The summed E-state index contributed by atoms with van der Waals surface area (Å²) in [4.78, 5) is 50.5. The molecule has 8 N–H and O–H groups in total. The number of azide groups is 1. The molecule has 0 aromatic heterocycles.